The zero-order chi connectivity index (χ0) is 11.5. The fourth-order valence-corrected chi connectivity index (χ4v) is 2.68. The lowest BCUT2D eigenvalue weighted by Crippen LogP contribution is -2.27. The highest BCUT2D eigenvalue weighted by Crippen LogP contribution is 2.28. The standard InChI is InChI=1S/C11H19NO2Si/c1-15(2,3)14-10-6-4-9(5-7-10)11(13)8-12/h6,9,11,13H,4-5,7H2,1-3H3/t9-,11+/m1/s1. The van der Waals surface area contributed by atoms with E-state index < -0.39 is 14.4 Å². The number of aliphatic hydroxyl groups excluding tert-OH is 1. The van der Waals surface area contributed by atoms with Gasteiger partial charge in [-0.1, -0.05) is 0 Å². The summed E-state index contributed by atoms with van der Waals surface area (Å²) in [6.45, 7) is 6.47. The van der Waals surface area contributed by atoms with E-state index in [9.17, 15) is 5.11 Å². The molecule has 0 saturated heterocycles. The maximum Gasteiger partial charge on any atom is 0.241 e. The van der Waals surface area contributed by atoms with Gasteiger partial charge in [-0.05, 0) is 38.6 Å². The molecular weight excluding hydrogens is 206 g/mol. The van der Waals surface area contributed by atoms with Crippen LogP contribution >= 0.6 is 0 Å². The van der Waals surface area contributed by atoms with Crippen molar-refractivity contribution in [1.29, 1.82) is 5.26 Å². The Hall–Kier alpha value is -0.793. The molecule has 1 aliphatic rings. The van der Waals surface area contributed by atoms with E-state index in [0.717, 1.165) is 25.0 Å². The van der Waals surface area contributed by atoms with Gasteiger partial charge in [-0.3, -0.25) is 0 Å². The molecule has 0 aromatic carbocycles. The molecule has 1 aliphatic carbocycles. The van der Waals surface area contributed by atoms with E-state index in [2.05, 4.69) is 19.6 Å². The molecule has 1 N–H and O–H groups in total. The highest BCUT2D eigenvalue weighted by atomic mass is 28.4. The van der Waals surface area contributed by atoms with Crippen molar-refractivity contribution in [3.05, 3.63) is 11.8 Å². The molecule has 0 aliphatic heterocycles. The Balaban J connectivity index is 2.49. The quantitative estimate of drug-likeness (QED) is 0.593. The van der Waals surface area contributed by atoms with E-state index in [1.54, 1.807) is 0 Å². The average molecular weight is 225 g/mol. The zero-order valence-corrected chi connectivity index (χ0v) is 10.7. The van der Waals surface area contributed by atoms with E-state index in [-0.39, 0.29) is 5.92 Å². The third-order valence-electron chi connectivity index (χ3n) is 2.43. The van der Waals surface area contributed by atoms with Crippen molar-refractivity contribution in [2.24, 2.45) is 5.92 Å². The third kappa shape index (κ3) is 4.06. The summed E-state index contributed by atoms with van der Waals surface area (Å²) in [5, 5.41) is 18.0. The van der Waals surface area contributed by atoms with Crippen LogP contribution in [0.5, 0.6) is 0 Å². The fourth-order valence-electron chi connectivity index (χ4n) is 1.71. The molecule has 0 radical (unpaired) electrons. The predicted molar refractivity (Wildman–Crippen MR) is 61.5 cm³/mol. The van der Waals surface area contributed by atoms with Gasteiger partial charge in [0, 0.05) is 12.3 Å². The van der Waals surface area contributed by atoms with Crippen LogP contribution in [0.1, 0.15) is 19.3 Å². The normalized spacial score (nSPS) is 23.9. The number of rotatable bonds is 3. The molecule has 84 valence electrons. The molecule has 0 saturated carbocycles. The lowest BCUT2D eigenvalue weighted by molar-refractivity contribution is 0.146. The first-order chi connectivity index (χ1) is 6.92. The maximum atomic E-state index is 9.38. The van der Waals surface area contributed by atoms with Gasteiger partial charge in [0.05, 0.1) is 11.8 Å². The Morgan fingerprint density at radius 2 is 2.27 bits per heavy atom. The zero-order valence-electron chi connectivity index (χ0n) is 9.66. The molecule has 3 nitrogen and oxygen atoms in total. The molecule has 0 aromatic heterocycles. The summed E-state index contributed by atoms with van der Waals surface area (Å²) in [4.78, 5) is 0. The van der Waals surface area contributed by atoms with Gasteiger partial charge in [0.1, 0.15) is 6.10 Å². The molecular formula is C11H19NO2Si. The van der Waals surface area contributed by atoms with Gasteiger partial charge in [-0.2, -0.15) is 5.26 Å². The number of allylic oxidation sites excluding steroid dienone is 2. The summed E-state index contributed by atoms with van der Waals surface area (Å²) in [6.07, 6.45) is 3.68. The lowest BCUT2D eigenvalue weighted by Gasteiger charge is -2.27. The molecule has 2 atom stereocenters. The summed E-state index contributed by atoms with van der Waals surface area (Å²) in [5.74, 6) is 1.14. The van der Waals surface area contributed by atoms with Gasteiger partial charge in [-0.25, -0.2) is 0 Å². The van der Waals surface area contributed by atoms with Gasteiger partial charge in [0.2, 0.25) is 8.32 Å². The first-order valence-corrected chi connectivity index (χ1v) is 8.79. The number of nitriles is 1. The number of hydrogen-bond donors (Lipinski definition) is 1. The summed E-state index contributed by atoms with van der Waals surface area (Å²) in [6, 6.07) is 1.89. The van der Waals surface area contributed by atoms with Crippen LogP contribution in [0.3, 0.4) is 0 Å². The van der Waals surface area contributed by atoms with E-state index in [4.69, 9.17) is 9.69 Å². The van der Waals surface area contributed by atoms with Crippen LogP contribution in [-0.2, 0) is 4.43 Å². The first kappa shape index (κ1) is 12.3. The molecule has 0 fully saturated rings. The topological polar surface area (TPSA) is 53.2 Å². The van der Waals surface area contributed by atoms with Crippen molar-refractivity contribution in [2.45, 2.75) is 45.0 Å². The van der Waals surface area contributed by atoms with Crippen molar-refractivity contribution >= 4 is 8.32 Å². The predicted octanol–water partition coefficient (Wildman–Crippen LogP) is 2.41. The SMILES string of the molecule is C[Si](C)(C)OC1=CC[C@@H]([C@@H](O)C#N)CC1. The van der Waals surface area contributed by atoms with Crippen LogP contribution in [0.4, 0.5) is 0 Å². The molecule has 0 unspecified atom stereocenters. The summed E-state index contributed by atoms with van der Waals surface area (Å²) in [7, 11) is -1.50. The second kappa shape index (κ2) is 4.82. The highest BCUT2D eigenvalue weighted by molar-refractivity contribution is 6.70. The Bertz CT molecular complexity index is 288. The van der Waals surface area contributed by atoms with Crippen molar-refractivity contribution in [1.82, 2.24) is 0 Å². The Kier molecular flexibility index (Phi) is 3.94. The second-order valence-electron chi connectivity index (χ2n) is 4.99. The van der Waals surface area contributed by atoms with E-state index in [1.165, 1.54) is 0 Å². The summed E-state index contributed by atoms with van der Waals surface area (Å²) in [5.41, 5.74) is 0. The molecule has 0 amide bonds. The minimum Gasteiger partial charge on any atom is -0.548 e. The molecule has 0 aromatic rings. The number of aliphatic hydroxyl groups is 1. The second-order valence-corrected chi connectivity index (χ2v) is 9.42. The van der Waals surface area contributed by atoms with Crippen molar-refractivity contribution in [2.75, 3.05) is 0 Å². The first-order valence-electron chi connectivity index (χ1n) is 5.38. The minimum atomic E-state index is -1.50. The van der Waals surface area contributed by atoms with Crippen LogP contribution in [0.25, 0.3) is 0 Å². The van der Waals surface area contributed by atoms with Crippen molar-refractivity contribution < 1.29 is 9.53 Å². The van der Waals surface area contributed by atoms with Gasteiger partial charge >= 0.3 is 0 Å². The van der Waals surface area contributed by atoms with Gasteiger partial charge in [0.25, 0.3) is 0 Å². The van der Waals surface area contributed by atoms with Crippen LogP contribution in [0.15, 0.2) is 11.8 Å². The maximum absolute atomic E-state index is 9.38. The van der Waals surface area contributed by atoms with Crippen molar-refractivity contribution in [3.63, 3.8) is 0 Å². The van der Waals surface area contributed by atoms with Gasteiger partial charge in [-0.15, -0.1) is 0 Å². The van der Waals surface area contributed by atoms with E-state index in [1.807, 2.05) is 12.1 Å². The van der Waals surface area contributed by atoms with Crippen molar-refractivity contribution in [3.8, 4) is 6.07 Å². The number of nitrogens with zero attached hydrogens (tertiary/aromatic N) is 1. The van der Waals surface area contributed by atoms with Crippen LogP contribution < -0.4 is 0 Å². The van der Waals surface area contributed by atoms with Crippen LogP contribution in [0, 0.1) is 17.2 Å². The average Bonchev–Trinajstić information content (AvgIpc) is 2.15. The Morgan fingerprint density at radius 3 is 2.67 bits per heavy atom. The third-order valence-corrected chi connectivity index (χ3v) is 3.30. The smallest absolute Gasteiger partial charge is 0.241 e. The Morgan fingerprint density at radius 1 is 1.60 bits per heavy atom. The minimum absolute atomic E-state index is 0.0870. The fraction of sp³-hybridized carbons (Fsp3) is 0.727. The Labute approximate surface area is 92.5 Å². The molecule has 4 heteroatoms. The largest absolute Gasteiger partial charge is 0.548 e. The molecule has 0 spiro atoms. The summed E-state index contributed by atoms with van der Waals surface area (Å²) < 4.78 is 5.88. The lowest BCUT2D eigenvalue weighted by atomic mass is 9.89. The van der Waals surface area contributed by atoms with Gasteiger partial charge < -0.3 is 9.53 Å². The molecule has 1 rings (SSSR count). The molecule has 15 heavy (non-hydrogen) atoms. The summed E-state index contributed by atoms with van der Waals surface area (Å²) >= 11 is 0. The highest BCUT2D eigenvalue weighted by Gasteiger charge is 2.24. The van der Waals surface area contributed by atoms with Crippen LogP contribution in [0.2, 0.25) is 19.6 Å². The monoisotopic (exact) mass is 225 g/mol. The van der Waals surface area contributed by atoms with E-state index >= 15 is 0 Å². The van der Waals surface area contributed by atoms with Crippen LogP contribution in [-0.4, -0.2) is 19.5 Å². The molecule has 0 bridgehead atoms. The van der Waals surface area contributed by atoms with E-state index in [0.29, 0.717) is 0 Å². The van der Waals surface area contributed by atoms with Gasteiger partial charge in [0.15, 0.2) is 0 Å². The molecule has 0 heterocycles. The number of hydrogen-bond acceptors (Lipinski definition) is 3.